The molecule has 290 valence electrons. The molecule has 55 heavy (non-hydrogen) atoms. The lowest BCUT2D eigenvalue weighted by molar-refractivity contribution is -0.929. The van der Waals surface area contributed by atoms with Crippen LogP contribution in [-0.4, -0.2) is 48.0 Å². The molecular weight excluding hydrogens is 673 g/mol. The Bertz CT molecular complexity index is 1900. The minimum atomic E-state index is -2.02. The van der Waals surface area contributed by atoms with Crippen LogP contribution in [0.15, 0.2) is 109 Å². The van der Waals surface area contributed by atoms with Crippen LogP contribution < -0.4 is 0 Å². The van der Waals surface area contributed by atoms with Crippen LogP contribution in [0.2, 0.25) is 0 Å². The standard InChI is InChI=1S/C34H29BO3.C16H36N/c1-22-16-19-31(28-13-7-4-10-25(22)28)34(38-35(36)37,32-20-17-23(2)26-11-5-8-14-29(26)32)33-21-18-24(3)27-12-6-9-15-30(27)33;1-5-9-13-17(14-10-6-2,15-11-7-3)16-12-8-4/h4-21,36-37H,1-3H3;5-16H2,1-4H3/q;+1. The first-order valence-electron chi connectivity index (χ1n) is 21.0. The fourth-order valence-electron chi connectivity index (χ4n) is 8.70. The van der Waals surface area contributed by atoms with Crippen molar-refractivity contribution in [2.24, 2.45) is 0 Å². The minimum Gasteiger partial charge on any atom is -0.402 e. The quantitative estimate of drug-likeness (QED) is 0.0556. The summed E-state index contributed by atoms with van der Waals surface area (Å²) in [5.41, 5.74) is 4.67. The second-order valence-electron chi connectivity index (χ2n) is 15.7. The summed E-state index contributed by atoms with van der Waals surface area (Å²) in [6.45, 7) is 21.3. The van der Waals surface area contributed by atoms with E-state index in [1.165, 1.54) is 82.0 Å². The topological polar surface area (TPSA) is 49.7 Å². The average molecular weight is 739 g/mol. The second kappa shape index (κ2) is 19.7. The van der Waals surface area contributed by atoms with Crippen molar-refractivity contribution in [3.05, 3.63) is 143 Å². The third-order valence-corrected chi connectivity index (χ3v) is 11.8. The van der Waals surface area contributed by atoms with E-state index in [0.29, 0.717) is 0 Å². The molecule has 0 bridgehead atoms. The van der Waals surface area contributed by atoms with Gasteiger partial charge in [-0.2, -0.15) is 0 Å². The highest BCUT2D eigenvalue weighted by atomic mass is 16.6. The number of quaternary nitrogens is 1. The highest BCUT2D eigenvalue weighted by molar-refractivity contribution is 6.33. The SMILES string of the molecule is CCCC[N+](CCCC)(CCCC)CCCC.Cc1ccc(C(OB(O)O)(c2ccc(C)c3ccccc23)c2ccc(C)c3ccccc23)c2ccccc12. The molecule has 0 saturated heterocycles. The minimum absolute atomic E-state index is 0.856. The molecule has 0 aromatic heterocycles. The van der Waals surface area contributed by atoms with Crippen LogP contribution >= 0.6 is 0 Å². The molecule has 0 heterocycles. The van der Waals surface area contributed by atoms with Crippen LogP contribution in [0.25, 0.3) is 32.3 Å². The molecule has 6 rings (SSSR count). The molecule has 2 N–H and O–H groups in total. The van der Waals surface area contributed by atoms with Crippen LogP contribution in [-0.2, 0) is 10.3 Å². The van der Waals surface area contributed by atoms with Gasteiger partial charge in [0.05, 0.1) is 26.2 Å². The maximum atomic E-state index is 10.6. The van der Waals surface area contributed by atoms with E-state index in [1.807, 2.05) is 36.4 Å². The van der Waals surface area contributed by atoms with Crippen molar-refractivity contribution in [1.82, 2.24) is 0 Å². The van der Waals surface area contributed by atoms with E-state index in [1.54, 1.807) is 0 Å². The molecule has 0 radical (unpaired) electrons. The zero-order valence-electron chi connectivity index (χ0n) is 34.7. The maximum absolute atomic E-state index is 10.6. The number of rotatable bonds is 17. The lowest BCUT2D eigenvalue weighted by Crippen LogP contribution is -2.50. The summed E-state index contributed by atoms with van der Waals surface area (Å²) < 4.78 is 7.87. The molecule has 0 unspecified atom stereocenters. The molecule has 0 saturated carbocycles. The van der Waals surface area contributed by atoms with Crippen molar-refractivity contribution in [2.75, 3.05) is 26.2 Å². The Morgan fingerprint density at radius 1 is 0.436 bits per heavy atom. The average Bonchev–Trinajstić information content (AvgIpc) is 3.20. The molecule has 0 aliphatic rings. The second-order valence-corrected chi connectivity index (χ2v) is 15.7. The summed E-state index contributed by atoms with van der Waals surface area (Å²) in [7, 11) is -2.02. The summed E-state index contributed by atoms with van der Waals surface area (Å²) >= 11 is 0. The van der Waals surface area contributed by atoms with E-state index in [-0.39, 0.29) is 0 Å². The number of nitrogens with zero attached hydrogens (tertiary/aromatic N) is 1. The first-order valence-corrected chi connectivity index (χ1v) is 21.0. The maximum Gasteiger partial charge on any atom is 0.635 e. The van der Waals surface area contributed by atoms with E-state index in [4.69, 9.17) is 4.65 Å². The predicted octanol–water partition coefficient (Wildman–Crippen LogP) is 12.4. The number of benzene rings is 6. The third-order valence-electron chi connectivity index (χ3n) is 11.8. The zero-order chi connectivity index (χ0) is 39.4. The van der Waals surface area contributed by atoms with Gasteiger partial charge in [0.15, 0.2) is 0 Å². The van der Waals surface area contributed by atoms with Gasteiger partial charge in [0.1, 0.15) is 5.60 Å². The molecule has 6 aromatic carbocycles. The lowest BCUT2D eigenvalue weighted by atomic mass is 9.73. The van der Waals surface area contributed by atoms with Crippen LogP contribution in [0.4, 0.5) is 0 Å². The Balaban J connectivity index is 0.000000290. The molecule has 0 spiro atoms. The van der Waals surface area contributed by atoms with E-state index in [9.17, 15) is 10.0 Å². The van der Waals surface area contributed by atoms with Crippen molar-refractivity contribution < 1.29 is 19.2 Å². The molecule has 0 aliphatic carbocycles. The van der Waals surface area contributed by atoms with Gasteiger partial charge in [-0.1, -0.05) is 163 Å². The highest BCUT2D eigenvalue weighted by Crippen LogP contribution is 2.49. The van der Waals surface area contributed by atoms with Crippen molar-refractivity contribution in [1.29, 1.82) is 0 Å². The Hall–Kier alpha value is -4.00. The summed E-state index contributed by atoms with van der Waals surface area (Å²) in [5, 5.41) is 27.5. The first kappa shape index (κ1) is 42.2. The van der Waals surface area contributed by atoms with Gasteiger partial charge in [0, 0.05) is 0 Å². The van der Waals surface area contributed by atoms with E-state index in [2.05, 4.69) is 121 Å². The molecule has 0 fully saturated rings. The molecule has 4 nitrogen and oxygen atoms in total. The van der Waals surface area contributed by atoms with Gasteiger partial charge in [-0.3, -0.25) is 0 Å². The number of hydrogen-bond donors (Lipinski definition) is 2. The number of unbranched alkanes of at least 4 members (excludes halogenated alkanes) is 4. The van der Waals surface area contributed by atoms with Gasteiger partial charge in [-0.05, 0) is 112 Å². The van der Waals surface area contributed by atoms with Crippen molar-refractivity contribution in [3.63, 3.8) is 0 Å². The first-order chi connectivity index (χ1) is 26.7. The number of fused-ring (bicyclic) bond motifs is 3. The Labute approximate surface area is 331 Å². The van der Waals surface area contributed by atoms with Gasteiger partial charge < -0.3 is 19.2 Å². The molecule has 0 aliphatic heterocycles. The summed E-state index contributed by atoms with van der Waals surface area (Å²) in [4.78, 5) is 0. The zero-order valence-corrected chi connectivity index (χ0v) is 34.7. The normalized spacial score (nSPS) is 11.9. The largest absolute Gasteiger partial charge is 0.635 e. The van der Waals surface area contributed by atoms with Gasteiger partial charge in [0.25, 0.3) is 0 Å². The van der Waals surface area contributed by atoms with Crippen LogP contribution in [0.3, 0.4) is 0 Å². The fourth-order valence-corrected chi connectivity index (χ4v) is 8.70. The summed E-state index contributed by atoms with van der Waals surface area (Å²) in [6.07, 6.45) is 11.1. The van der Waals surface area contributed by atoms with Crippen LogP contribution in [0.5, 0.6) is 0 Å². The fraction of sp³-hybridized carbons (Fsp3) is 0.400. The van der Waals surface area contributed by atoms with E-state index >= 15 is 0 Å². The molecule has 5 heteroatoms. The van der Waals surface area contributed by atoms with Crippen molar-refractivity contribution in [3.8, 4) is 0 Å². The molecule has 0 atom stereocenters. The number of hydrogen-bond acceptors (Lipinski definition) is 3. The van der Waals surface area contributed by atoms with E-state index < -0.39 is 12.9 Å². The van der Waals surface area contributed by atoms with Crippen LogP contribution in [0, 0.1) is 20.8 Å². The molecule has 0 amide bonds. The van der Waals surface area contributed by atoms with Gasteiger partial charge in [-0.25, -0.2) is 0 Å². The van der Waals surface area contributed by atoms with Gasteiger partial charge in [0.2, 0.25) is 0 Å². The van der Waals surface area contributed by atoms with E-state index in [0.717, 1.165) is 65.7 Å². The molecular formula is C50H65BNO3+. The Morgan fingerprint density at radius 2 is 0.709 bits per heavy atom. The summed E-state index contributed by atoms with van der Waals surface area (Å²) in [5.74, 6) is 0. The van der Waals surface area contributed by atoms with Gasteiger partial charge in [-0.15, -0.1) is 0 Å². The Kier molecular flexibility index (Phi) is 15.1. The number of aryl methyl sites for hydroxylation is 3. The van der Waals surface area contributed by atoms with Crippen LogP contribution in [0.1, 0.15) is 112 Å². The van der Waals surface area contributed by atoms with Crippen molar-refractivity contribution in [2.45, 2.75) is 105 Å². The smallest absolute Gasteiger partial charge is 0.402 e. The summed E-state index contributed by atoms with van der Waals surface area (Å²) in [6, 6.07) is 37.2. The third kappa shape index (κ3) is 9.35. The Morgan fingerprint density at radius 3 is 0.964 bits per heavy atom. The monoisotopic (exact) mass is 739 g/mol. The van der Waals surface area contributed by atoms with Crippen molar-refractivity contribution >= 4 is 39.6 Å². The lowest BCUT2D eigenvalue weighted by Gasteiger charge is -2.39. The molecule has 6 aromatic rings. The predicted molar refractivity (Wildman–Crippen MR) is 237 cm³/mol. The highest BCUT2D eigenvalue weighted by Gasteiger charge is 2.44. The van der Waals surface area contributed by atoms with Gasteiger partial charge >= 0.3 is 7.32 Å².